The Hall–Kier alpha value is -4.01. The molecule has 0 saturated carbocycles. The van der Waals surface area contributed by atoms with Crippen LogP contribution < -0.4 is 15.6 Å². The number of ether oxygens (including phenoxy) is 1. The number of rotatable bonds is 5. The van der Waals surface area contributed by atoms with Gasteiger partial charge in [0.2, 0.25) is 0 Å². The molecule has 2 aromatic heterocycles. The fraction of sp³-hybridized carbons (Fsp3) is 0.105. The van der Waals surface area contributed by atoms with Crippen LogP contribution in [0, 0.1) is 0 Å². The molecule has 28 heavy (non-hydrogen) atoms. The van der Waals surface area contributed by atoms with Gasteiger partial charge >= 0.3 is 0 Å². The van der Waals surface area contributed by atoms with Crippen molar-refractivity contribution in [3.05, 3.63) is 71.8 Å². The molecule has 0 radical (unpaired) electrons. The third-order valence-electron chi connectivity index (χ3n) is 4.12. The summed E-state index contributed by atoms with van der Waals surface area (Å²) >= 11 is 0. The second-order valence-electron chi connectivity index (χ2n) is 6.07. The molecular formula is C19H16N6O3. The molecule has 2 aromatic carbocycles. The molecule has 1 amide bonds. The van der Waals surface area contributed by atoms with E-state index in [1.165, 1.54) is 10.9 Å². The zero-order valence-electron chi connectivity index (χ0n) is 14.9. The summed E-state index contributed by atoms with van der Waals surface area (Å²) in [4.78, 5) is 28.7. The Bertz CT molecular complexity index is 1200. The summed E-state index contributed by atoms with van der Waals surface area (Å²) in [5, 5.41) is 10.7. The van der Waals surface area contributed by atoms with Gasteiger partial charge in [-0.3, -0.25) is 14.2 Å². The highest BCUT2D eigenvalue weighted by atomic mass is 16.5. The highest BCUT2D eigenvalue weighted by Gasteiger charge is 2.10. The lowest BCUT2D eigenvalue weighted by Crippen LogP contribution is -2.21. The maximum absolute atomic E-state index is 12.3. The number of para-hydroxylation sites is 2. The lowest BCUT2D eigenvalue weighted by molar-refractivity contribution is -0.118. The van der Waals surface area contributed by atoms with Crippen LogP contribution in [0.1, 0.15) is 0 Å². The van der Waals surface area contributed by atoms with Gasteiger partial charge in [-0.1, -0.05) is 12.1 Å². The molecule has 9 nitrogen and oxygen atoms in total. The van der Waals surface area contributed by atoms with Gasteiger partial charge in [-0.05, 0) is 30.3 Å². The van der Waals surface area contributed by atoms with Crippen LogP contribution in [0.4, 0.5) is 5.69 Å². The van der Waals surface area contributed by atoms with E-state index in [1.807, 2.05) is 18.2 Å². The molecule has 4 aromatic rings. The molecule has 0 aliphatic heterocycles. The number of carbonyl (C=O) groups excluding carboxylic acids is 1. The Balaban J connectivity index is 1.48. The van der Waals surface area contributed by atoms with E-state index in [-0.39, 0.29) is 18.1 Å². The van der Waals surface area contributed by atoms with E-state index < -0.39 is 0 Å². The summed E-state index contributed by atoms with van der Waals surface area (Å²) in [5.41, 5.74) is 1.61. The topological polar surface area (TPSA) is 104 Å². The normalized spacial score (nSPS) is 10.8. The number of aromatic nitrogens is 5. The van der Waals surface area contributed by atoms with E-state index in [9.17, 15) is 9.59 Å². The van der Waals surface area contributed by atoms with Crippen molar-refractivity contribution in [1.82, 2.24) is 24.3 Å². The van der Waals surface area contributed by atoms with E-state index in [0.717, 1.165) is 5.69 Å². The summed E-state index contributed by atoms with van der Waals surface area (Å²) in [6, 6.07) is 12.2. The van der Waals surface area contributed by atoms with Gasteiger partial charge in [0.15, 0.2) is 6.61 Å². The van der Waals surface area contributed by atoms with Gasteiger partial charge in [-0.25, -0.2) is 4.98 Å². The predicted octanol–water partition coefficient (Wildman–Crippen LogP) is 1.53. The van der Waals surface area contributed by atoms with Crippen molar-refractivity contribution >= 4 is 22.5 Å². The number of amides is 1. The molecule has 9 heteroatoms. The lowest BCUT2D eigenvalue weighted by Gasteiger charge is -2.12. The Morgan fingerprint density at radius 2 is 1.89 bits per heavy atom. The SMILES string of the molecule is Cn1cnc2ccc(NC(=O)COc3ccccc3-n3cnnc3)cc2c1=O. The minimum absolute atomic E-state index is 0.180. The maximum atomic E-state index is 12.3. The molecule has 0 unspecified atom stereocenters. The van der Waals surface area contributed by atoms with Crippen molar-refractivity contribution in [2.24, 2.45) is 7.05 Å². The molecule has 4 rings (SSSR count). The first-order valence-corrected chi connectivity index (χ1v) is 8.44. The first-order chi connectivity index (χ1) is 13.6. The zero-order chi connectivity index (χ0) is 19.5. The number of hydrogen-bond donors (Lipinski definition) is 1. The van der Waals surface area contributed by atoms with Crippen LogP contribution >= 0.6 is 0 Å². The van der Waals surface area contributed by atoms with Crippen molar-refractivity contribution in [3.63, 3.8) is 0 Å². The summed E-state index contributed by atoms with van der Waals surface area (Å²) in [5.74, 6) is 0.174. The minimum Gasteiger partial charge on any atom is -0.482 e. The molecule has 0 bridgehead atoms. The molecule has 0 spiro atoms. The fourth-order valence-corrected chi connectivity index (χ4v) is 2.75. The van der Waals surface area contributed by atoms with E-state index in [2.05, 4.69) is 20.5 Å². The Kier molecular flexibility index (Phi) is 4.55. The highest BCUT2D eigenvalue weighted by molar-refractivity contribution is 5.94. The Morgan fingerprint density at radius 1 is 1.11 bits per heavy atom. The van der Waals surface area contributed by atoms with Gasteiger partial charge < -0.3 is 14.6 Å². The smallest absolute Gasteiger partial charge is 0.262 e. The average Bonchev–Trinajstić information content (AvgIpc) is 3.24. The third-order valence-corrected chi connectivity index (χ3v) is 4.12. The van der Waals surface area contributed by atoms with Gasteiger partial charge in [0.05, 0.1) is 22.9 Å². The second-order valence-corrected chi connectivity index (χ2v) is 6.07. The van der Waals surface area contributed by atoms with Crippen LogP contribution in [0.2, 0.25) is 0 Å². The number of fused-ring (bicyclic) bond motifs is 1. The molecule has 0 saturated heterocycles. The monoisotopic (exact) mass is 376 g/mol. The van der Waals surface area contributed by atoms with Gasteiger partial charge in [0.25, 0.3) is 11.5 Å². The average molecular weight is 376 g/mol. The van der Waals surface area contributed by atoms with Gasteiger partial charge in [0.1, 0.15) is 18.4 Å². The molecule has 0 atom stereocenters. The van der Waals surface area contributed by atoms with E-state index in [1.54, 1.807) is 48.5 Å². The molecular weight excluding hydrogens is 360 g/mol. The van der Waals surface area contributed by atoms with E-state index in [0.29, 0.717) is 22.3 Å². The standard InChI is InChI=1S/C19H16N6O3/c1-24-10-20-15-7-6-13(8-14(15)19(24)27)23-18(26)9-28-17-5-3-2-4-16(17)25-11-21-22-12-25/h2-8,10-12H,9H2,1H3,(H,23,26). The fourth-order valence-electron chi connectivity index (χ4n) is 2.75. The largest absolute Gasteiger partial charge is 0.482 e. The highest BCUT2D eigenvalue weighted by Crippen LogP contribution is 2.22. The minimum atomic E-state index is -0.348. The molecule has 0 fully saturated rings. The maximum Gasteiger partial charge on any atom is 0.262 e. The van der Waals surface area contributed by atoms with Crippen LogP contribution in [0.15, 0.2) is 66.2 Å². The van der Waals surface area contributed by atoms with Crippen molar-refractivity contribution in [2.75, 3.05) is 11.9 Å². The molecule has 1 N–H and O–H groups in total. The number of hydrogen-bond acceptors (Lipinski definition) is 6. The summed E-state index contributed by atoms with van der Waals surface area (Å²) in [6.07, 6.45) is 4.56. The van der Waals surface area contributed by atoms with Crippen LogP contribution in [0.3, 0.4) is 0 Å². The number of aryl methyl sites for hydroxylation is 1. The summed E-state index contributed by atoms with van der Waals surface area (Å²) in [7, 11) is 1.63. The quantitative estimate of drug-likeness (QED) is 0.566. The van der Waals surface area contributed by atoms with Crippen LogP contribution in [0.25, 0.3) is 16.6 Å². The molecule has 0 aliphatic rings. The number of nitrogens with zero attached hydrogens (tertiary/aromatic N) is 5. The first kappa shape index (κ1) is 17.4. The summed E-state index contributed by atoms with van der Waals surface area (Å²) in [6.45, 7) is -0.192. The van der Waals surface area contributed by atoms with Crippen molar-refractivity contribution < 1.29 is 9.53 Å². The van der Waals surface area contributed by atoms with E-state index in [4.69, 9.17) is 4.74 Å². The molecule has 2 heterocycles. The number of nitrogens with one attached hydrogen (secondary N) is 1. The lowest BCUT2D eigenvalue weighted by atomic mass is 10.2. The number of carbonyl (C=O) groups is 1. The molecule has 140 valence electrons. The molecule has 0 aliphatic carbocycles. The van der Waals surface area contributed by atoms with Gasteiger partial charge in [-0.2, -0.15) is 0 Å². The van der Waals surface area contributed by atoms with E-state index >= 15 is 0 Å². The Morgan fingerprint density at radius 3 is 2.71 bits per heavy atom. The third kappa shape index (κ3) is 3.45. The van der Waals surface area contributed by atoms with Crippen molar-refractivity contribution in [3.8, 4) is 11.4 Å². The Labute approximate surface area is 159 Å². The first-order valence-electron chi connectivity index (χ1n) is 8.44. The summed E-state index contributed by atoms with van der Waals surface area (Å²) < 4.78 is 8.74. The van der Waals surface area contributed by atoms with Gasteiger partial charge in [0, 0.05) is 12.7 Å². The van der Waals surface area contributed by atoms with Crippen LogP contribution in [0.5, 0.6) is 5.75 Å². The second kappa shape index (κ2) is 7.31. The van der Waals surface area contributed by atoms with Gasteiger partial charge in [-0.15, -0.1) is 10.2 Å². The predicted molar refractivity (Wildman–Crippen MR) is 102 cm³/mol. The van der Waals surface area contributed by atoms with Crippen molar-refractivity contribution in [1.29, 1.82) is 0 Å². The van der Waals surface area contributed by atoms with Crippen LogP contribution in [-0.4, -0.2) is 36.8 Å². The van der Waals surface area contributed by atoms with Crippen LogP contribution in [-0.2, 0) is 11.8 Å². The zero-order valence-corrected chi connectivity index (χ0v) is 14.9. The number of anilines is 1. The van der Waals surface area contributed by atoms with Crippen molar-refractivity contribution in [2.45, 2.75) is 0 Å². The number of benzene rings is 2.